The minimum Gasteiger partial charge on any atom is -0.371 e. The van der Waals surface area contributed by atoms with Crippen LogP contribution >= 0.6 is 22.6 Å². The van der Waals surface area contributed by atoms with E-state index in [4.69, 9.17) is 0 Å². The molecule has 0 bridgehead atoms. The average Bonchev–Trinajstić information content (AvgIpc) is 2.49. The highest BCUT2D eigenvalue weighted by molar-refractivity contribution is 14.1. The van der Waals surface area contributed by atoms with E-state index in [0.29, 0.717) is 8.99 Å². The van der Waals surface area contributed by atoms with Crippen LogP contribution in [0.1, 0.15) is 33.1 Å². The van der Waals surface area contributed by atoms with Crippen molar-refractivity contribution >= 4 is 34.0 Å². The predicted molar refractivity (Wildman–Crippen MR) is 85.7 cm³/mol. The standard InChI is InChI=1S/C14H19IN2O2/c1-14(2)6-3-8-16(9-7-14)11-4-5-13(17(18)19)12(15)10-11/h4-5,10H,3,6-9H2,1-2H3. The van der Waals surface area contributed by atoms with Gasteiger partial charge in [-0.2, -0.15) is 0 Å². The Kier molecular flexibility index (Phi) is 4.32. The van der Waals surface area contributed by atoms with Crippen LogP contribution in [0, 0.1) is 19.1 Å². The summed E-state index contributed by atoms with van der Waals surface area (Å²) in [5.74, 6) is 0. The first-order valence-corrected chi connectivity index (χ1v) is 7.66. The molecule has 0 atom stereocenters. The smallest absolute Gasteiger partial charge is 0.282 e. The molecule has 19 heavy (non-hydrogen) atoms. The number of nitro benzene ring substituents is 1. The molecule has 104 valence electrons. The summed E-state index contributed by atoms with van der Waals surface area (Å²) in [5.41, 5.74) is 1.70. The van der Waals surface area contributed by atoms with Crippen molar-refractivity contribution in [1.29, 1.82) is 0 Å². The molecule has 1 fully saturated rings. The van der Waals surface area contributed by atoms with Crippen molar-refractivity contribution in [1.82, 2.24) is 0 Å². The Morgan fingerprint density at radius 2 is 2.05 bits per heavy atom. The number of nitrogens with zero attached hydrogens (tertiary/aromatic N) is 2. The number of nitro groups is 1. The molecule has 0 spiro atoms. The maximum atomic E-state index is 10.8. The second kappa shape index (κ2) is 5.64. The normalized spacial score (nSPS) is 19.0. The lowest BCUT2D eigenvalue weighted by atomic mass is 9.85. The summed E-state index contributed by atoms with van der Waals surface area (Å²) in [5, 5.41) is 10.8. The molecule has 0 aromatic heterocycles. The molecule has 4 nitrogen and oxygen atoms in total. The van der Waals surface area contributed by atoms with Crippen LogP contribution in [0.3, 0.4) is 0 Å². The number of anilines is 1. The van der Waals surface area contributed by atoms with Crippen molar-refractivity contribution < 1.29 is 4.92 Å². The maximum absolute atomic E-state index is 10.8. The van der Waals surface area contributed by atoms with E-state index in [9.17, 15) is 10.1 Å². The minimum absolute atomic E-state index is 0.194. The molecule has 0 radical (unpaired) electrons. The Morgan fingerprint density at radius 3 is 2.68 bits per heavy atom. The first-order valence-electron chi connectivity index (χ1n) is 6.58. The molecule has 5 heteroatoms. The third kappa shape index (κ3) is 3.58. The first-order chi connectivity index (χ1) is 8.89. The summed E-state index contributed by atoms with van der Waals surface area (Å²) < 4.78 is 0.712. The van der Waals surface area contributed by atoms with E-state index in [2.05, 4.69) is 18.7 Å². The lowest BCUT2D eigenvalue weighted by Gasteiger charge is -2.25. The Bertz CT molecular complexity index is 488. The van der Waals surface area contributed by atoms with E-state index < -0.39 is 0 Å². The zero-order chi connectivity index (χ0) is 14.0. The van der Waals surface area contributed by atoms with Gasteiger partial charge in [0.1, 0.15) is 0 Å². The van der Waals surface area contributed by atoms with Gasteiger partial charge in [0, 0.05) is 24.8 Å². The number of benzene rings is 1. The molecule has 1 aromatic rings. The lowest BCUT2D eigenvalue weighted by molar-refractivity contribution is -0.385. The molecule has 1 saturated heterocycles. The van der Waals surface area contributed by atoms with Crippen molar-refractivity contribution in [2.24, 2.45) is 5.41 Å². The summed E-state index contributed by atoms with van der Waals surface area (Å²) in [6.07, 6.45) is 3.59. The second-order valence-corrected chi connectivity index (χ2v) is 7.06. The molecule has 1 aromatic carbocycles. The summed E-state index contributed by atoms with van der Waals surface area (Å²) in [6.45, 7) is 6.70. The van der Waals surface area contributed by atoms with Crippen LogP contribution in [0.4, 0.5) is 11.4 Å². The molecule has 1 aliphatic heterocycles. The highest BCUT2D eigenvalue weighted by atomic mass is 127. The van der Waals surface area contributed by atoms with Crippen LogP contribution in [-0.4, -0.2) is 18.0 Å². The highest BCUT2D eigenvalue weighted by Crippen LogP contribution is 2.33. The van der Waals surface area contributed by atoms with Gasteiger partial charge in [-0.15, -0.1) is 0 Å². The minimum atomic E-state index is -0.322. The molecule has 0 amide bonds. The van der Waals surface area contributed by atoms with E-state index in [0.717, 1.165) is 18.8 Å². The first kappa shape index (κ1) is 14.6. The van der Waals surface area contributed by atoms with Gasteiger partial charge in [0.05, 0.1) is 8.49 Å². The van der Waals surface area contributed by atoms with Crippen LogP contribution in [0.5, 0.6) is 0 Å². The summed E-state index contributed by atoms with van der Waals surface area (Å²) >= 11 is 2.05. The van der Waals surface area contributed by atoms with Gasteiger partial charge in [-0.05, 0) is 59.4 Å². The highest BCUT2D eigenvalue weighted by Gasteiger charge is 2.23. The van der Waals surface area contributed by atoms with Crippen LogP contribution < -0.4 is 4.90 Å². The summed E-state index contributed by atoms with van der Waals surface area (Å²) in [6, 6.07) is 5.42. The van der Waals surface area contributed by atoms with Gasteiger partial charge in [-0.1, -0.05) is 13.8 Å². The van der Waals surface area contributed by atoms with Crippen LogP contribution in [0.15, 0.2) is 18.2 Å². The van der Waals surface area contributed by atoms with Crippen LogP contribution in [-0.2, 0) is 0 Å². The van der Waals surface area contributed by atoms with Crippen molar-refractivity contribution in [2.75, 3.05) is 18.0 Å². The number of halogens is 1. The van der Waals surface area contributed by atoms with Crippen molar-refractivity contribution in [3.05, 3.63) is 31.9 Å². The van der Waals surface area contributed by atoms with Crippen molar-refractivity contribution in [3.63, 3.8) is 0 Å². The summed E-state index contributed by atoms with van der Waals surface area (Å²) in [7, 11) is 0. The molecule has 0 N–H and O–H groups in total. The fraction of sp³-hybridized carbons (Fsp3) is 0.571. The molecule has 0 saturated carbocycles. The number of rotatable bonds is 2. The monoisotopic (exact) mass is 374 g/mol. The Morgan fingerprint density at radius 1 is 1.32 bits per heavy atom. The fourth-order valence-corrected chi connectivity index (χ4v) is 3.22. The van der Waals surface area contributed by atoms with Crippen molar-refractivity contribution in [2.45, 2.75) is 33.1 Å². The second-order valence-electron chi connectivity index (χ2n) is 5.90. The Labute approximate surface area is 127 Å². The fourth-order valence-electron chi connectivity index (χ4n) is 2.52. The predicted octanol–water partition coefficient (Wildman–Crippen LogP) is 4.22. The molecular weight excluding hydrogens is 355 g/mol. The third-order valence-corrected chi connectivity index (χ3v) is 4.70. The molecule has 1 aliphatic rings. The molecule has 2 rings (SSSR count). The van der Waals surface area contributed by atoms with E-state index >= 15 is 0 Å². The van der Waals surface area contributed by atoms with Gasteiger partial charge in [0.15, 0.2) is 0 Å². The molecule has 0 unspecified atom stereocenters. The zero-order valence-corrected chi connectivity index (χ0v) is 13.5. The SMILES string of the molecule is CC1(C)CCCN(c2ccc([N+](=O)[O-])c(I)c2)CC1. The van der Waals surface area contributed by atoms with Gasteiger partial charge < -0.3 is 4.90 Å². The van der Waals surface area contributed by atoms with E-state index in [-0.39, 0.29) is 10.6 Å². The topological polar surface area (TPSA) is 46.4 Å². The zero-order valence-electron chi connectivity index (χ0n) is 11.4. The van der Waals surface area contributed by atoms with E-state index in [1.54, 1.807) is 6.07 Å². The Hall–Kier alpha value is -0.850. The van der Waals surface area contributed by atoms with Gasteiger partial charge in [-0.25, -0.2) is 0 Å². The molecule has 1 heterocycles. The molecule has 0 aliphatic carbocycles. The van der Waals surface area contributed by atoms with Gasteiger partial charge in [-0.3, -0.25) is 10.1 Å². The molecular formula is C14H19IN2O2. The van der Waals surface area contributed by atoms with Gasteiger partial charge in [0.2, 0.25) is 0 Å². The van der Waals surface area contributed by atoms with Gasteiger partial charge >= 0.3 is 0 Å². The number of hydrogen-bond donors (Lipinski definition) is 0. The van der Waals surface area contributed by atoms with Gasteiger partial charge in [0.25, 0.3) is 5.69 Å². The van der Waals surface area contributed by atoms with E-state index in [1.807, 2.05) is 34.7 Å². The Balaban J connectivity index is 2.18. The lowest BCUT2D eigenvalue weighted by Crippen LogP contribution is -2.25. The van der Waals surface area contributed by atoms with E-state index in [1.165, 1.54) is 19.3 Å². The van der Waals surface area contributed by atoms with Crippen LogP contribution in [0.25, 0.3) is 0 Å². The third-order valence-electron chi connectivity index (χ3n) is 3.83. The number of hydrogen-bond acceptors (Lipinski definition) is 3. The van der Waals surface area contributed by atoms with Crippen LogP contribution in [0.2, 0.25) is 0 Å². The quantitative estimate of drug-likeness (QED) is 0.443. The largest absolute Gasteiger partial charge is 0.371 e. The maximum Gasteiger partial charge on any atom is 0.282 e. The van der Waals surface area contributed by atoms with Crippen molar-refractivity contribution in [3.8, 4) is 0 Å². The summed E-state index contributed by atoms with van der Waals surface area (Å²) in [4.78, 5) is 12.9. The average molecular weight is 374 g/mol.